The molecule has 2 aliphatic heterocycles. The van der Waals surface area contributed by atoms with Crippen molar-refractivity contribution < 1.29 is 14.3 Å². The molecule has 1 N–H and O–H groups in total. The fourth-order valence-electron chi connectivity index (χ4n) is 3.31. The molecule has 0 unspecified atom stereocenters. The number of rotatable bonds is 3. The lowest BCUT2D eigenvalue weighted by Gasteiger charge is -2.30. The molecule has 2 aliphatic rings. The molecule has 0 aliphatic carbocycles. The predicted molar refractivity (Wildman–Crippen MR) is 115 cm³/mol. The number of anilines is 1. The van der Waals surface area contributed by atoms with Crippen molar-refractivity contribution in [2.45, 2.75) is 20.4 Å². The Morgan fingerprint density at radius 3 is 2.64 bits per heavy atom. The first-order chi connectivity index (χ1) is 13.4. The quantitative estimate of drug-likeness (QED) is 0.617. The average Bonchev–Trinajstić information content (AvgIpc) is 2.97. The maximum atomic E-state index is 12.6. The molecule has 0 bridgehead atoms. The van der Waals surface area contributed by atoms with E-state index in [9.17, 15) is 9.59 Å². The fraction of sp³-hybridized carbons (Fsp3) is 0.190. The lowest BCUT2D eigenvalue weighted by atomic mass is 10.0. The van der Waals surface area contributed by atoms with Crippen molar-refractivity contribution in [2.75, 3.05) is 11.5 Å². The zero-order valence-corrected chi connectivity index (χ0v) is 17.1. The summed E-state index contributed by atoms with van der Waals surface area (Å²) >= 11 is 6.27. The molecule has 2 amide bonds. The van der Waals surface area contributed by atoms with E-state index in [1.807, 2.05) is 50.2 Å². The number of aryl methyl sites for hydroxylation is 2. The molecule has 5 nitrogen and oxygen atoms in total. The Hall–Kier alpha value is -2.64. The number of thiocarbonyl (C=S) groups is 1. The van der Waals surface area contributed by atoms with Crippen molar-refractivity contribution in [3.63, 3.8) is 0 Å². The highest BCUT2D eigenvalue weighted by atomic mass is 32.2. The molecule has 2 aromatic rings. The van der Waals surface area contributed by atoms with Gasteiger partial charge in [0, 0.05) is 0 Å². The molecule has 1 fully saturated rings. The summed E-state index contributed by atoms with van der Waals surface area (Å²) in [6.45, 7) is 4.60. The van der Waals surface area contributed by atoms with Gasteiger partial charge in [-0.05, 0) is 54.3 Å². The number of hydrogen-bond acceptors (Lipinski definition) is 5. The summed E-state index contributed by atoms with van der Waals surface area (Å²) in [5.41, 5.74) is 4.94. The van der Waals surface area contributed by atoms with Crippen molar-refractivity contribution in [2.24, 2.45) is 0 Å². The van der Waals surface area contributed by atoms with E-state index < -0.39 is 0 Å². The van der Waals surface area contributed by atoms with Crippen LogP contribution in [0.3, 0.4) is 0 Å². The second-order valence-electron chi connectivity index (χ2n) is 6.72. The first kappa shape index (κ1) is 18.7. The number of benzene rings is 2. The van der Waals surface area contributed by atoms with E-state index >= 15 is 0 Å². The van der Waals surface area contributed by atoms with Gasteiger partial charge < -0.3 is 15.0 Å². The molecule has 4 rings (SSSR count). The van der Waals surface area contributed by atoms with Crippen LogP contribution in [-0.4, -0.2) is 22.7 Å². The number of fused-ring (bicyclic) bond motifs is 1. The maximum absolute atomic E-state index is 12.6. The first-order valence-corrected chi connectivity index (χ1v) is 10.0. The number of thioether (sulfide) groups is 1. The van der Waals surface area contributed by atoms with Gasteiger partial charge in [-0.1, -0.05) is 48.2 Å². The second-order valence-corrected chi connectivity index (χ2v) is 8.44. The molecule has 0 saturated carbocycles. The molecule has 2 aromatic carbocycles. The van der Waals surface area contributed by atoms with Crippen molar-refractivity contribution in [3.05, 3.63) is 63.6 Å². The fourth-order valence-corrected chi connectivity index (χ4v) is 4.36. The van der Waals surface area contributed by atoms with Crippen LogP contribution in [0.2, 0.25) is 0 Å². The van der Waals surface area contributed by atoms with Crippen LogP contribution in [0.15, 0.2) is 41.3 Å². The zero-order chi connectivity index (χ0) is 19.8. The van der Waals surface area contributed by atoms with E-state index in [0.717, 1.165) is 22.3 Å². The van der Waals surface area contributed by atoms with Crippen molar-refractivity contribution >= 4 is 51.9 Å². The van der Waals surface area contributed by atoms with Crippen LogP contribution >= 0.6 is 24.0 Å². The Kier molecular flexibility index (Phi) is 4.95. The van der Waals surface area contributed by atoms with Crippen LogP contribution < -0.4 is 15.0 Å². The van der Waals surface area contributed by atoms with E-state index in [-0.39, 0.29) is 18.4 Å². The third kappa shape index (κ3) is 3.55. The van der Waals surface area contributed by atoms with Crippen molar-refractivity contribution in [1.82, 2.24) is 5.32 Å². The molecule has 7 heteroatoms. The van der Waals surface area contributed by atoms with E-state index in [4.69, 9.17) is 17.0 Å². The van der Waals surface area contributed by atoms with Crippen LogP contribution in [0.4, 0.5) is 5.69 Å². The Balaban J connectivity index is 1.71. The lowest BCUT2D eigenvalue weighted by Crippen LogP contribution is -2.38. The summed E-state index contributed by atoms with van der Waals surface area (Å²) in [6.07, 6.45) is 1.77. The van der Waals surface area contributed by atoms with Gasteiger partial charge in [-0.15, -0.1) is 0 Å². The van der Waals surface area contributed by atoms with Gasteiger partial charge in [-0.25, -0.2) is 0 Å². The van der Waals surface area contributed by atoms with Crippen LogP contribution in [0, 0.1) is 13.8 Å². The predicted octanol–water partition coefficient (Wildman–Crippen LogP) is 3.72. The molecule has 2 heterocycles. The monoisotopic (exact) mass is 410 g/mol. The zero-order valence-electron chi connectivity index (χ0n) is 15.4. The number of nitrogens with zero attached hydrogens (tertiary/aromatic N) is 1. The Morgan fingerprint density at radius 2 is 1.96 bits per heavy atom. The van der Waals surface area contributed by atoms with Crippen LogP contribution in [0.5, 0.6) is 5.75 Å². The molecule has 28 heavy (non-hydrogen) atoms. The number of nitrogens with one attached hydrogen (secondary N) is 1. The molecule has 0 atom stereocenters. The minimum atomic E-state index is -0.201. The standard InChI is InChI=1S/C21H18N2O3S2/c1-12-4-3-5-13(2)15(12)10-23-16-8-14(6-7-17(16)26-11-19(23)24)9-18-20(25)22-21(27)28-18/h3-9H,10-11H2,1-2H3,(H,22,25,27). The van der Waals surface area contributed by atoms with E-state index in [2.05, 4.69) is 5.32 Å². The van der Waals surface area contributed by atoms with Gasteiger partial charge >= 0.3 is 0 Å². The number of hydrogen-bond donors (Lipinski definition) is 1. The van der Waals surface area contributed by atoms with E-state index in [0.29, 0.717) is 27.2 Å². The smallest absolute Gasteiger partial charge is 0.265 e. The van der Waals surface area contributed by atoms with Gasteiger partial charge in [0.1, 0.15) is 10.1 Å². The van der Waals surface area contributed by atoms with Gasteiger partial charge in [0.25, 0.3) is 11.8 Å². The number of amides is 2. The van der Waals surface area contributed by atoms with Gasteiger partial charge in [0.05, 0.1) is 17.1 Å². The summed E-state index contributed by atoms with van der Waals surface area (Å²) in [5.74, 6) is 0.369. The normalized spacial score (nSPS) is 17.6. The summed E-state index contributed by atoms with van der Waals surface area (Å²) in [6, 6.07) is 11.7. The molecule has 0 aromatic heterocycles. The molecule has 142 valence electrons. The van der Waals surface area contributed by atoms with Crippen LogP contribution in [0.1, 0.15) is 22.3 Å². The minimum absolute atomic E-state index is 0.0187. The maximum Gasteiger partial charge on any atom is 0.265 e. The highest BCUT2D eigenvalue weighted by Gasteiger charge is 2.27. The average molecular weight is 411 g/mol. The molecule has 0 spiro atoms. The molecular weight excluding hydrogens is 392 g/mol. The van der Waals surface area contributed by atoms with Crippen LogP contribution in [0.25, 0.3) is 6.08 Å². The van der Waals surface area contributed by atoms with Gasteiger partial charge in [-0.3, -0.25) is 9.59 Å². The lowest BCUT2D eigenvalue weighted by molar-refractivity contribution is -0.121. The third-order valence-corrected chi connectivity index (χ3v) is 5.99. The Morgan fingerprint density at radius 1 is 1.21 bits per heavy atom. The number of ether oxygens (including phenoxy) is 1. The molecule has 0 radical (unpaired) electrons. The van der Waals surface area contributed by atoms with E-state index in [1.165, 1.54) is 11.8 Å². The van der Waals surface area contributed by atoms with Crippen molar-refractivity contribution in [1.29, 1.82) is 0 Å². The van der Waals surface area contributed by atoms with E-state index in [1.54, 1.807) is 11.0 Å². The van der Waals surface area contributed by atoms with Crippen molar-refractivity contribution in [3.8, 4) is 5.75 Å². The largest absolute Gasteiger partial charge is 0.482 e. The number of carbonyl (C=O) groups is 2. The van der Waals surface area contributed by atoms with Gasteiger partial charge in [0.2, 0.25) is 0 Å². The topological polar surface area (TPSA) is 58.6 Å². The Labute approximate surface area is 172 Å². The third-order valence-electron chi connectivity index (χ3n) is 4.83. The summed E-state index contributed by atoms with van der Waals surface area (Å²) in [4.78, 5) is 26.9. The second kappa shape index (κ2) is 7.41. The minimum Gasteiger partial charge on any atom is -0.482 e. The Bertz CT molecular complexity index is 1030. The highest BCUT2D eigenvalue weighted by Crippen LogP contribution is 2.36. The SMILES string of the molecule is Cc1cccc(C)c1CN1C(=O)COc2ccc(C=C3SC(=S)NC3=O)cc21. The summed E-state index contributed by atoms with van der Waals surface area (Å²) < 4.78 is 6.06. The molecule has 1 saturated heterocycles. The summed E-state index contributed by atoms with van der Waals surface area (Å²) in [7, 11) is 0. The van der Waals surface area contributed by atoms with Gasteiger partial charge in [0.15, 0.2) is 6.61 Å². The number of carbonyl (C=O) groups excluding carboxylic acids is 2. The van der Waals surface area contributed by atoms with Gasteiger partial charge in [-0.2, -0.15) is 0 Å². The molecular formula is C21H18N2O3S2. The summed E-state index contributed by atoms with van der Waals surface area (Å²) in [5, 5.41) is 2.61. The highest BCUT2D eigenvalue weighted by molar-refractivity contribution is 8.26. The first-order valence-electron chi connectivity index (χ1n) is 8.79. The van der Waals surface area contributed by atoms with Crippen LogP contribution in [-0.2, 0) is 16.1 Å².